The van der Waals surface area contributed by atoms with Crippen molar-refractivity contribution in [2.45, 2.75) is 35.4 Å². The van der Waals surface area contributed by atoms with Gasteiger partial charge >= 0.3 is 6.18 Å². The minimum atomic E-state index is -4.51. The number of alkyl halides is 3. The largest absolute Gasteiger partial charge is 0.458 e. The van der Waals surface area contributed by atoms with E-state index in [0.717, 1.165) is 20.9 Å². The number of nitrogens with one attached hydrogen (secondary N) is 2. The lowest BCUT2D eigenvalue weighted by atomic mass is 10.0. The van der Waals surface area contributed by atoms with Crippen molar-refractivity contribution in [1.82, 2.24) is 10.2 Å². The lowest BCUT2D eigenvalue weighted by molar-refractivity contribution is -0.128. The zero-order valence-corrected chi connectivity index (χ0v) is 16.5. The Morgan fingerprint density at radius 3 is 2.48 bits per heavy atom. The van der Waals surface area contributed by atoms with Crippen molar-refractivity contribution in [2.24, 2.45) is 0 Å². The average molecular weight is 417 g/mol. The highest BCUT2D eigenvalue weighted by Gasteiger charge is 2.27. The Morgan fingerprint density at radius 2 is 1.90 bits per heavy atom. The molecular formula is C21H18F3N3OS. The molecule has 8 heteroatoms. The lowest BCUT2D eigenvalue weighted by Crippen LogP contribution is -2.49. The molecular weight excluding hydrogens is 399 g/mol. The summed E-state index contributed by atoms with van der Waals surface area (Å²) in [5, 5.41) is 10.8. The Labute approximate surface area is 171 Å². The zero-order valence-electron chi connectivity index (χ0n) is 15.7. The van der Waals surface area contributed by atoms with Crippen LogP contribution in [0.4, 0.5) is 13.2 Å². The Bertz CT molecular complexity index is 989. The lowest BCUT2D eigenvalue weighted by Gasteiger charge is -2.31. The van der Waals surface area contributed by atoms with Gasteiger partial charge in [-0.3, -0.25) is 15.1 Å². The molecule has 0 bridgehead atoms. The highest BCUT2D eigenvalue weighted by Crippen LogP contribution is 2.32. The van der Waals surface area contributed by atoms with E-state index in [-0.39, 0.29) is 24.3 Å². The van der Waals surface area contributed by atoms with Crippen LogP contribution in [0.15, 0.2) is 52.3 Å². The van der Waals surface area contributed by atoms with Gasteiger partial charge in [0.2, 0.25) is 5.91 Å². The van der Waals surface area contributed by atoms with Crippen LogP contribution in [0.2, 0.25) is 0 Å². The molecule has 1 aliphatic heterocycles. The van der Waals surface area contributed by atoms with E-state index in [1.165, 1.54) is 22.6 Å². The molecule has 2 N–H and O–H groups in total. The second kappa shape index (κ2) is 8.21. The van der Waals surface area contributed by atoms with E-state index in [1.54, 1.807) is 25.2 Å². The topological polar surface area (TPSA) is 56.2 Å². The molecule has 3 rings (SSSR count). The summed E-state index contributed by atoms with van der Waals surface area (Å²) in [5.74, 6) is 3.38. The van der Waals surface area contributed by atoms with E-state index < -0.39 is 6.18 Å². The van der Waals surface area contributed by atoms with Gasteiger partial charge < -0.3 is 5.32 Å². The molecule has 2 aromatic rings. The Hall–Kier alpha value is -2.92. The molecule has 1 atom stereocenters. The van der Waals surface area contributed by atoms with Crippen molar-refractivity contribution >= 4 is 23.6 Å². The van der Waals surface area contributed by atoms with Gasteiger partial charge in [0.1, 0.15) is 0 Å². The summed E-state index contributed by atoms with van der Waals surface area (Å²) in [4.78, 5) is 15.1. The molecule has 1 heterocycles. The van der Waals surface area contributed by atoms with Gasteiger partial charge in [0.05, 0.1) is 12.5 Å². The Morgan fingerprint density at radius 1 is 1.21 bits per heavy atom. The quantitative estimate of drug-likeness (QED) is 0.724. The second-order valence-corrected chi connectivity index (χ2v) is 7.72. The first kappa shape index (κ1) is 20.8. The van der Waals surface area contributed by atoms with E-state index in [2.05, 4.69) is 11.2 Å². The monoisotopic (exact) mass is 417 g/mol. The van der Waals surface area contributed by atoms with Crippen LogP contribution in [0.1, 0.15) is 29.2 Å². The van der Waals surface area contributed by atoms with Crippen LogP contribution >= 0.6 is 11.8 Å². The number of benzene rings is 2. The second-order valence-electron chi connectivity index (χ2n) is 6.60. The summed E-state index contributed by atoms with van der Waals surface area (Å²) < 4.78 is 36.7. The first-order chi connectivity index (χ1) is 13.6. The van der Waals surface area contributed by atoms with Crippen LogP contribution in [-0.4, -0.2) is 30.0 Å². The van der Waals surface area contributed by atoms with E-state index >= 15 is 0 Å². The maximum atomic E-state index is 12.2. The predicted molar refractivity (Wildman–Crippen MR) is 106 cm³/mol. The molecule has 1 fully saturated rings. The maximum Gasteiger partial charge on any atom is 0.458 e. The number of guanidine groups is 1. The Balaban J connectivity index is 1.71. The first-order valence-electron chi connectivity index (χ1n) is 8.72. The molecule has 0 radical (unpaired) electrons. The standard InChI is InChI=1S/C21H18F3N3OS/c1-13-11-14(9-10-21(22,23)24)3-8-18(13)29-16-6-4-15(5-7-16)17-12-19(28)27(2)20(25)26-17/h3-8,11,17H,12H2,1-2H3,(H2,25,26). The minimum Gasteiger partial charge on any atom is -0.349 e. The van der Waals surface area contributed by atoms with Crippen LogP contribution in [0, 0.1) is 24.2 Å². The van der Waals surface area contributed by atoms with E-state index in [4.69, 9.17) is 5.41 Å². The van der Waals surface area contributed by atoms with Crippen molar-refractivity contribution in [3.63, 3.8) is 0 Å². The number of aryl methyl sites for hydroxylation is 1. The SMILES string of the molecule is Cc1cc(C#CC(F)(F)F)ccc1Sc1ccc(C2CC(=O)N(C)C(=N)N2)cc1. The van der Waals surface area contributed by atoms with Crippen molar-refractivity contribution in [3.8, 4) is 11.8 Å². The van der Waals surface area contributed by atoms with E-state index in [0.29, 0.717) is 5.56 Å². The molecule has 1 amide bonds. The molecule has 0 saturated carbocycles. The molecule has 4 nitrogen and oxygen atoms in total. The minimum absolute atomic E-state index is 0.0778. The van der Waals surface area contributed by atoms with E-state index in [9.17, 15) is 18.0 Å². The van der Waals surface area contributed by atoms with Crippen molar-refractivity contribution < 1.29 is 18.0 Å². The smallest absolute Gasteiger partial charge is 0.349 e. The number of halogens is 3. The summed E-state index contributed by atoms with van der Waals surface area (Å²) in [6, 6.07) is 12.4. The van der Waals surface area contributed by atoms with Crippen LogP contribution in [0.25, 0.3) is 0 Å². The molecule has 1 unspecified atom stereocenters. The first-order valence-corrected chi connectivity index (χ1v) is 9.54. The van der Waals surface area contributed by atoms with Gasteiger partial charge in [-0.1, -0.05) is 29.8 Å². The number of hydrogen-bond donors (Lipinski definition) is 2. The van der Waals surface area contributed by atoms with Gasteiger partial charge in [-0.05, 0) is 48.4 Å². The number of amides is 1. The van der Waals surface area contributed by atoms with Crippen LogP contribution < -0.4 is 5.32 Å². The molecule has 0 aromatic heterocycles. The fourth-order valence-electron chi connectivity index (χ4n) is 2.83. The van der Waals surface area contributed by atoms with Gasteiger partial charge in [0.25, 0.3) is 0 Å². The molecule has 0 spiro atoms. The number of carbonyl (C=O) groups excluding carboxylic acids is 1. The number of hydrogen-bond acceptors (Lipinski definition) is 3. The van der Waals surface area contributed by atoms with Crippen LogP contribution in [0.3, 0.4) is 0 Å². The predicted octanol–water partition coefficient (Wildman–Crippen LogP) is 4.49. The molecule has 0 aliphatic carbocycles. The molecule has 2 aromatic carbocycles. The molecule has 150 valence electrons. The summed E-state index contributed by atoms with van der Waals surface area (Å²) in [5.41, 5.74) is 2.07. The fraction of sp³-hybridized carbons (Fsp3) is 0.238. The van der Waals surface area contributed by atoms with E-state index in [1.807, 2.05) is 31.2 Å². The van der Waals surface area contributed by atoms with Gasteiger partial charge in [0.15, 0.2) is 5.96 Å². The normalized spacial score (nSPS) is 16.9. The van der Waals surface area contributed by atoms with Crippen LogP contribution in [-0.2, 0) is 4.79 Å². The zero-order chi connectivity index (χ0) is 21.2. The van der Waals surface area contributed by atoms with Crippen molar-refractivity contribution in [2.75, 3.05) is 7.05 Å². The van der Waals surface area contributed by atoms with Gasteiger partial charge in [-0.25, -0.2) is 0 Å². The molecule has 1 saturated heterocycles. The summed E-state index contributed by atoms with van der Waals surface area (Å²) >= 11 is 1.50. The van der Waals surface area contributed by atoms with Gasteiger partial charge in [-0.15, -0.1) is 0 Å². The third-order valence-corrected chi connectivity index (χ3v) is 5.62. The van der Waals surface area contributed by atoms with Crippen molar-refractivity contribution in [1.29, 1.82) is 5.41 Å². The number of rotatable bonds is 3. The fourth-order valence-corrected chi connectivity index (χ4v) is 3.71. The maximum absolute atomic E-state index is 12.2. The van der Waals surface area contributed by atoms with Crippen molar-refractivity contribution in [3.05, 3.63) is 59.2 Å². The highest BCUT2D eigenvalue weighted by molar-refractivity contribution is 7.99. The number of carbonyl (C=O) groups is 1. The Kier molecular flexibility index (Phi) is 5.89. The van der Waals surface area contributed by atoms with Crippen LogP contribution in [0.5, 0.6) is 0 Å². The summed E-state index contributed by atoms with van der Waals surface area (Å²) in [7, 11) is 1.57. The summed E-state index contributed by atoms with van der Waals surface area (Å²) in [6.45, 7) is 1.83. The van der Waals surface area contributed by atoms with Gasteiger partial charge in [0, 0.05) is 28.3 Å². The molecule has 29 heavy (non-hydrogen) atoms. The third kappa shape index (κ3) is 5.33. The van der Waals surface area contributed by atoms with Gasteiger partial charge in [-0.2, -0.15) is 13.2 Å². The highest BCUT2D eigenvalue weighted by atomic mass is 32.2. The average Bonchev–Trinajstić information content (AvgIpc) is 2.66. The molecule has 1 aliphatic rings. The third-order valence-electron chi connectivity index (χ3n) is 4.43. The summed E-state index contributed by atoms with van der Waals surface area (Å²) in [6.07, 6.45) is -4.22. The number of nitrogens with zero attached hydrogens (tertiary/aromatic N) is 1.